The van der Waals surface area contributed by atoms with Crippen molar-refractivity contribution in [2.24, 2.45) is 0 Å². The third-order valence-electron chi connectivity index (χ3n) is 5.58. The number of amides is 1. The summed E-state index contributed by atoms with van der Waals surface area (Å²) in [5.74, 6) is 0.107. The van der Waals surface area contributed by atoms with Gasteiger partial charge in [0.1, 0.15) is 0 Å². The molecule has 0 saturated carbocycles. The maximum Gasteiger partial charge on any atom is 0.278 e. The highest BCUT2D eigenvalue weighted by molar-refractivity contribution is 7.89. The first-order valence-corrected chi connectivity index (χ1v) is 11.3. The van der Waals surface area contributed by atoms with Crippen LogP contribution in [0, 0.1) is 0 Å². The van der Waals surface area contributed by atoms with Gasteiger partial charge in [0.05, 0.1) is 4.90 Å². The fourth-order valence-electron chi connectivity index (χ4n) is 3.88. The van der Waals surface area contributed by atoms with Crippen molar-refractivity contribution in [3.63, 3.8) is 0 Å². The predicted molar refractivity (Wildman–Crippen MR) is 107 cm³/mol. The summed E-state index contributed by atoms with van der Waals surface area (Å²) in [6.45, 7) is 5.78. The fraction of sp³-hybridized carbons (Fsp3) is 0.500. The predicted octanol–water partition coefficient (Wildman–Crippen LogP) is 2.91. The van der Waals surface area contributed by atoms with E-state index in [4.69, 9.17) is 0 Å². The molecule has 0 bridgehead atoms. The van der Waals surface area contributed by atoms with E-state index in [1.54, 1.807) is 33.5 Å². The number of carbonyl (C=O) groups excluding carboxylic acids is 1. The van der Waals surface area contributed by atoms with Gasteiger partial charge in [-0.2, -0.15) is 9.40 Å². The third-order valence-corrected chi connectivity index (χ3v) is 7.48. The molecule has 3 heterocycles. The molecule has 4 rings (SSSR count). The standard InChI is InChI=1S/C20H26N4O3S/c1-14(2)17-13-18(22-21-17)20(25)24-11-8-15-12-16(6-7-19(15)24)28(26,27)23-9-4-3-5-10-23/h6-7,12-14H,3-5,8-11H2,1-2H3,(H,21,22). The molecule has 0 atom stereocenters. The summed E-state index contributed by atoms with van der Waals surface area (Å²) in [6.07, 6.45) is 3.55. The number of aromatic nitrogens is 2. The molecular formula is C20H26N4O3S. The number of anilines is 1. The van der Waals surface area contributed by atoms with Crippen LogP contribution in [0.25, 0.3) is 0 Å². The number of benzene rings is 1. The summed E-state index contributed by atoms with van der Waals surface area (Å²) in [7, 11) is -3.47. The van der Waals surface area contributed by atoms with E-state index in [0.29, 0.717) is 36.6 Å². The first-order valence-electron chi connectivity index (χ1n) is 9.88. The van der Waals surface area contributed by atoms with Crippen molar-refractivity contribution in [2.75, 3.05) is 24.5 Å². The van der Waals surface area contributed by atoms with Crippen LogP contribution in [-0.2, 0) is 16.4 Å². The quantitative estimate of drug-likeness (QED) is 0.852. The molecule has 1 N–H and O–H groups in total. The summed E-state index contributed by atoms with van der Waals surface area (Å²) >= 11 is 0. The minimum Gasteiger partial charge on any atom is -0.306 e. The minimum atomic E-state index is -3.47. The normalized spacial score (nSPS) is 17.9. The van der Waals surface area contributed by atoms with Crippen LogP contribution in [0.2, 0.25) is 0 Å². The van der Waals surface area contributed by atoms with Gasteiger partial charge in [-0.25, -0.2) is 8.42 Å². The number of rotatable bonds is 4. The molecule has 2 aliphatic heterocycles. The third kappa shape index (κ3) is 3.35. The van der Waals surface area contributed by atoms with Crippen LogP contribution < -0.4 is 4.90 Å². The Morgan fingerprint density at radius 1 is 1.11 bits per heavy atom. The van der Waals surface area contributed by atoms with Crippen molar-refractivity contribution in [2.45, 2.75) is 50.3 Å². The van der Waals surface area contributed by atoms with E-state index in [0.717, 1.165) is 36.2 Å². The van der Waals surface area contributed by atoms with E-state index < -0.39 is 10.0 Å². The highest BCUT2D eigenvalue weighted by atomic mass is 32.2. The molecule has 2 aliphatic rings. The Morgan fingerprint density at radius 3 is 2.54 bits per heavy atom. The number of piperidine rings is 1. The van der Waals surface area contributed by atoms with E-state index in [1.807, 2.05) is 13.8 Å². The fourth-order valence-corrected chi connectivity index (χ4v) is 5.45. The molecule has 1 saturated heterocycles. The summed E-state index contributed by atoms with van der Waals surface area (Å²) in [6, 6.07) is 6.91. The molecule has 8 heteroatoms. The molecule has 0 spiro atoms. The zero-order valence-electron chi connectivity index (χ0n) is 16.3. The van der Waals surface area contributed by atoms with Gasteiger partial charge in [0.2, 0.25) is 10.0 Å². The molecule has 150 valence electrons. The molecule has 2 aromatic rings. The second kappa shape index (κ2) is 7.33. The highest BCUT2D eigenvalue weighted by Gasteiger charge is 2.31. The molecule has 1 amide bonds. The molecule has 1 fully saturated rings. The maximum atomic E-state index is 12.9. The van der Waals surface area contributed by atoms with E-state index >= 15 is 0 Å². The number of aromatic amines is 1. The average Bonchev–Trinajstić information content (AvgIpc) is 3.35. The van der Waals surface area contributed by atoms with E-state index in [2.05, 4.69) is 10.2 Å². The molecule has 1 aromatic carbocycles. The lowest BCUT2D eigenvalue weighted by molar-refractivity contribution is 0.0984. The van der Waals surface area contributed by atoms with Gasteiger partial charge in [0.25, 0.3) is 5.91 Å². The van der Waals surface area contributed by atoms with Crippen LogP contribution in [0.3, 0.4) is 0 Å². The van der Waals surface area contributed by atoms with Crippen molar-refractivity contribution >= 4 is 21.6 Å². The zero-order valence-corrected chi connectivity index (χ0v) is 17.1. The summed E-state index contributed by atoms with van der Waals surface area (Å²) in [5, 5.41) is 7.07. The van der Waals surface area contributed by atoms with Crippen LogP contribution in [0.4, 0.5) is 5.69 Å². The Hall–Kier alpha value is -2.19. The van der Waals surface area contributed by atoms with E-state index in [-0.39, 0.29) is 11.8 Å². The second-order valence-electron chi connectivity index (χ2n) is 7.83. The van der Waals surface area contributed by atoms with Crippen molar-refractivity contribution < 1.29 is 13.2 Å². The number of carbonyl (C=O) groups is 1. The highest BCUT2D eigenvalue weighted by Crippen LogP contribution is 2.32. The second-order valence-corrected chi connectivity index (χ2v) is 9.76. The number of hydrogen-bond donors (Lipinski definition) is 1. The Kier molecular flexibility index (Phi) is 5.01. The van der Waals surface area contributed by atoms with Gasteiger partial charge in [-0.05, 0) is 55.0 Å². The summed E-state index contributed by atoms with van der Waals surface area (Å²) < 4.78 is 27.4. The van der Waals surface area contributed by atoms with Crippen LogP contribution in [-0.4, -0.2) is 48.5 Å². The summed E-state index contributed by atoms with van der Waals surface area (Å²) in [4.78, 5) is 14.9. The number of sulfonamides is 1. The first kappa shape index (κ1) is 19.1. The van der Waals surface area contributed by atoms with Gasteiger partial charge in [0.15, 0.2) is 5.69 Å². The topological polar surface area (TPSA) is 86.4 Å². The van der Waals surface area contributed by atoms with E-state index in [9.17, 15) is 13.2 Å². The van der Waals surface area contributed by atoms with Crippen molar-refractivity contribution in [1.82, 2.24) is 14.5 Å². The molecule has 0 unspecified atom stereocenters. The van der Waals surface area contributed by atoms with Crippen molar-refractivity contribution in [3.8, 4) is 0 Å². The van der Waals surface area contributed by atoms with Gasteiger partial charge in [-0.15, -0.1) is 0 Å². The lowest BCUT2D eigenvalue weighted by atomic mass is 10.1. The Bertz CT molecular complexity index is 991. The van der Waals surface area contributed by atoms with Crippen LogP contribution in [0.15, 0.2) is 29.2 Å². The average molecular weight is 403 g/mol. The van der Waals surface area contributed by atoms with E-state index in [1.165, 1.54) is 0 Å². The molecule has 0 radical (unpaired) electrons. The van der Waals surface area contributed by atoms with Gasteiger partial charge in [-0.3, -0.25) is 9.89 Å². The van der Waals surface area contributed by atoms with Crippen LogP contribution in [0.5, 0.6) is 0 Å². The molecule has 28 heavy (non-hydrogen) atoms. The van der Waals surface area contributed by atoms with Crippen molar-refractivity contribution in [3.05, 3.63) is 41.2 Å². The Labute approximate surface area is 165 Å². The minimum absolute atomic E-state index is 0.159. The zero-order chi connectivity index (χ0) is 19.9. The van der Waals surface area contributed by atoms with Crippen LogP contribution in [0.1, 0.15) is 60.8 Å². The molecule has 7 nitrogen and oxygen atoms in total. The molecular weight excluding hydrogens is 376 g/mol. The summed E-state index contributed by atoms with van der Waals surface area (Å²) in [5.41, 5.74) is 2.98. The van der Waals surface area contributed by atoms with Gasteiger partial charge in [-0.1, -0.05) is 20.3 Å². The SMILES string of the molecule is CC(C)c1cc(C(=O)N2CCc3cc(S(=O)(=O)N4CCCCC4)ccc32)n[nH]1. The molecule has 1 aromatic heterocycles. The largest absolute Gasteiger partial charge is 0.306 e. The smallest absolute Gasteiger partial charge is 0.278 e. The Balaban J connectivity index is 1.58. The number of nitrogens with zero attached hydrogens (tertiary/aromatic N) is 3. The van der Waals surface area contributed by atoms with Gasteiger partial charge < -0.3 is 4.90 Å². The number of H-pyrrole nitrogens is 1. The molecule has 0 aliphatic carbocycles. The van der Waals surface area contributed by atoms with Crippen LogP contribution >= 0.6 is 0 Å². The van der Waals surface area contributed by atoms with Crippen molar-refractivity contribution in [1.29, 1.82) is 0 Å². The Morgan fingerprint density at radius 2 is 1.86 bits per heavy atom. The lowest BCUT2D eigenvalue weighted by Gasteiger charge is -2.26. The first-order chi connectivity index (χ1) is 13.4. The lowest BCUT2D eigenvalue weighted by Crippen LogP contribution is -2.35. The van der Waals surface area contributed by atoms with Gasteiger partial charge >= 0.3 is 0 Å². The monoisotopic (exact) mass is 402 g/mol. The maximum absolute atomic E-state index is 12.9. The number of hydrogen-bond acceptors (Lipinski definition) is 4. The number of fused-ring (bicyclic) bond motifs is 1. The number of nitrogens with one attached hydrogen (secondary N) is 1. The van der Waals surface area contributed by atoms with Gasteiger partial charge in [0, 0.05) is 31.0 Å².